The van der Waals surface area contributed by atoms with Crippen molar-refractivity contribution in [3.8, 4) is 0 Å². The monoisotopic (exact) mass is 281 g/mol. The number of aryl methyl sites for hydroxylation is 1. The van der Waals surface area contributed by atoms with Crippen molar-refractivity contribution in [1.82, 2.24) is 9.97 Å². The Morgan fingerprint density at radius 3 is 2.61 bits per heavy atom. The summed E-state index contributed by atoms with van der Waals surface area (Å²) in [5, 5.41) is 4.38. The first-order valence-corrected chi connectivity index (χ1v) is 6.32. The SMILES string of the molecule is Cc1cncc(N[C@@H](C)c2ccc(Cl)c(Cl)c2)n1. The molecule has 2 rings (SSSR count). The molecule has 0 saturated carbocycles. The summed E-state index contributed by atoms with van der Waals surface area (Å²) in [7, 11) is 0. The molecule has 5 heteroatoms. The Hall–Kier alpha value is -1.32. The largest absolute Gasteiger partial charge is 0.362 e. The molecule has 0 saturated heterocycles. The van der Waals surface area contributed by atoms with Crippen molar-refractivity contribution in [2.24, 2.45) is 0 Å². The molecular formula is C13H13Cl2N3. The summed E-state index contributed by atoms with van der Waals surface area (Å²) in [6.07, 6.45) is 3.41. The topological polar surface area (TPSA) is 37.8 Å². The van der Waals surface area contributed by atoms with E-state index in [9.17, 15) is 0 Å². The maximum atomic E-state index is 6.00. The Kier molecular flexibility index (Phi) is 4.04. The van der Waals surface area contributed by atoms with Crippen LogP contribution in [0, 0.1) is 6.92 Å². The number of anilines is 1. The van der Waals surface area contributed by atoms with Crippen LogP contribution < -0.4 is 5.32 Å². The van der Waals surface area contributed by atoms with Crippen molar-refractivity contribution in [3.05, 3.63) is 51.9 Å². The predicted octanol–water partition coefficient (Wildman–Crippen LogP) is 4.26. The van der Waals surface area contributed by atoms with Crippen LogP contribution in [0.15, 0.2) is 30.6 Å². The Bertz CT molecular complexity index is 558. The van der Waals surface area contributed by atoms with Gasteiger partial charge in [-0.1, -0.05) is 29.3 Å². The summed E-state index contributed by atoms with van der Waals surface area (Å²) in [6, 6.07) is 5.66. The molecule has 0 fully saturated rings. The van der Waals surface area contributed by atoms with Gasteiger partial charge in [0, 0.05) is 6.20 Å². The van der Waals surface area contributed by atoms with Gasteiger partial charge in [-0.25, -0.2) is 4.98 Å². The van der Waals surface area contributed by atoms with Gasteiger partial charge in [0.05, 0.1) is 28.0 Å². The summed E-state index contributed by atoms with van der Waals surface area (Å²) in [4.78, 5) is 8.44. The van der Waals surface area contributed by atoms with Gasteiger partial charge in [-0.05, 0) is 31.5 Å². The van der Waals surface area contributed by atoms with Gasteiger partial charge in [0.25, 0.3) is 0 Å². The van der Waals surface area contributed by atoms with Crippen LogP contribution in [-0.2, 0) is 0 Å². The summed E-state index contributed by atoms with van der Waals surface area (Å²) in [5.41, 5.74) is 1.93. The van der Waals surface area contributed by atoms with E-state index < -0.39 is 0 Å². The minimum absolute atomic E-state index is 0.0795. The molecule has 0 spiro atoms. The van der Waals surface area contributed by atoms with Crippen LogP contribution in [0.1, 0.15) is 24.2 Å². The van der Waals surface area contributed by atoms with E-state index in [0.717, 1.165) is 17.1 Å². The first kappa shape index (κ1) is 13.1. The molecule has 1 heterocycles. The van der Waals surface area contributed by atoms with E-state index >= 15 is 0 Å². The summed E-state index contributed by atoms with van der Waals surface area (Å²) < 4.78 is 0. The van der Waals surface area contributed by atoms with Crippen molar-refractivity contribution in [1.29, 1.82) is 0 Å². The van der Waals surface area contributed by atoms with Crippen molar-refractivity contribution < 1.29 is 0 Å². The fraction of sp³-hybridized carbons (Fsp3) is 0.231. The maximum absolute atomic E-state index is 6.00. The molecule has 0 bridgehead atoms. The summed E-state index contributed by atoms with van der Waals surface area (Å²) in [6.45, 7) is 3.94. The first-order valence-electron chi connectivity index (χ1n) is 5.56. The third-order valence-corrected chi connectivity index (χ3v) is 3.30. The standard InChI is InChI=1S/C13H13Cl2N3/c1-8-6-16-7-13(17-8)18-9(2)10-3-4-11(14)12(15)5-10/h3-7,9H,1-2H3,(H,17,18)/t9-/m0/s1. The molecule has 0 aliphatic carbocycles. The molecule has 1 aromatic heterocycles. The maximum Gasteiger partial charge on any atom is 0.145 e. The molecule has 0 unspecified atom stereocenters. The second-order valence-corrected chi connectivity index (χ2v) is 4.90. The number of benzene rings is 1. The number of halogens is 2. The van der Waals surface area contributed by atoms with Gasteiger partial charge in [0.15, 0.2) is 0 Å². The van der Waals surface area contributed by atoms with E-state index in [1.807, 2.05) is 26.0 Å². The first-order chi connectivity index (χ1) is 8.56. The van der Waals surface area contributed by atoms with Crippen molar-refractivity contribution >= 4 is 29.0 Å². The third-order valence-electron chi connectivity index (χ3n) is 2.56. The molecule has 0 aliphatic heterocycles. The highest BCUT2D eigenvalue weighted by molar-refractivity contribution is 6.42. The van der Waals surface area contributed by atoms with Crippen molar-refractivity contribution in [3.63, 3.8) is 0 Å². The van der Waals surface area contributed by atoms with Crippen LogP contribution in [0.2, 0.25) is 10.0 Å². The summed E-state index contributed by atoms with van der Waals surface area (Å²) in [5.74, 6) is 0.744. The second kappa shape index (κ2) is 5.55. The van der Waals surface area contributed by atoms with E-state index in [0.29, 0.717) is 10.0 Å². The fourth-order valence-corrected chi connectivity index (χ4v) is 1.93. The number of rotatable bonds is 3. The molecule has 18 heavy (non-hydrogen) atoms. The minimum Gasteiger partial charge on any atom is -0.362 e. The van der Waals surface area contributed by atoms with Crippen LogP contribution in [0.25, 0.3) is 0 Å². The lowest BCUT2D eigenvalue weighted by Gasteiger charge is -2.15. The van der Waals surface area contributed by atoms with Gasteiger partial charge in [0.1, 0.15) is 5.82 Å². The number of hydrogen-bond acceptors (Lipinski definition) is 3. The van der Waals surface area contributed by atoms with E-state index in [1.54, 1.807) is 18.5 Å². The zero-order valence-electron chi connectivity index (χ0n) is 10.1. The van der Waals surface area contributed by atoms with Gasteiger partial charge >= 0.3 is 0 Å². The molecular weight excluding hydrogens is 269 g/mol. The van der Waals surface area contributed by atoms with E-state index in [1.165, 1.54) is 0 Å². The molecule has 0 amide bonds. The number of nitrogens with zero attached hydrogens (tertiary/aromatic N) is 2. The molecule has 0 aliphatic rings. The summed E-state index contributed by atoms with van der Waals surface area (Å²) >= 11 is 11.9. The highest BCUT2D eigenvalue weighted by Crippen LogP contribution is 2.26. The molecule has 3 nitrogen and oxygen atoms in total. The lowest BCUT2D eigenvalue weighted by molar-refractivity contribution is 0.868. The van der Waals surface area contributed by atoms with E-state index in [-0.39, 0.29) is 6.04 Å². The fourth-order valence-electron chi connectivity index (χ4n) is 1.62. The van der Waals surface area contributed by atoms with Gasteiger partial charge < -0.3 is 5.32 Å². The van der Waals surface area contributed by atoms with Crippen molar-refractivity contribution in [2.45, 2.75) is 19.9 Å². The van der Waals surface area contributed by atoms with Crippen LogP contribution in [-0.4, -0.2) is 9.97 Å². The van der Waals surface area contributed by atoms with Crippen molar-refractivity contribution in [2.75, 3.05) is 5.32 Å². The van der Waals surface area contributed by atoms with Gasteiger partial charge in [-0.2, -0.15) is 0 Å². The predicted molar refractivity (Wildman–Crippen MR) is 75.3 cm³/mol. The Morgan fingerprint density at radius 1 is 1.17 bits per heavy atom. The molecule has 1 N–H and O–H groups in total. The molecule has 0 radical (unpaired) electrons. The smallest absolute Gasteiger partial charge is 0.145 e. The second-order valence-electron chi connectivity index (χ2n) is 4.09. The van der Waals surface area contributed by atoms with Gasteiger partial charge in [-0.15, -0.1) is 0 Å². The molecule has 1 atom stereocenters. The third kappa shape index (κ3) is 3.12. The highest BCUT2D eigenvalue weighted by Gasteiger charge is 2.08. The van der Waals surface area contributed by atoms with Gasteiger partial charge in [-0.3, -0.25) is 4.98 Å². The number of nitrogens with one attached hydrogen (secondary N) is 1. The molecule has 1 aromatic carbocycles. The minimum atomic E-state index is 0.0795. The lowest BCUT2D eigenvalue weighted by Crippen LogP contribution is -2.08. The quantitative estimate of drug-likeness (QED) is 0.913. The number of hydrogen-bond donors (Lipinski definition) is 1. The molecule has 2 aromatic rings. The average molecular weight is 282 g/mol. The van der Waals surface area contributed by atoms with Crippen LogP contribution in [0.5, 0.6) is 0 Å². The Labute approximate surface area is 116 Å². The van der Waals surface area contributed by atoms with Crippen LogP contribution >= 0.6 is 23.2 Å². The van der Waals surface area contributed by atoms with Crippen LogP contribution in [0.4, 0.5) is 5.82 Å². The normalized spacial score (nSPS) is 12.2. The molecule has 94 valence electrons. The Balaban J connectivity index is 2.16. The van der Waals surface area contributed by atoms with E-state index in [2.05, 4.69) is 15.3 Å². The van der Waals surface area contributed by atoms with Gasteiger partial charge in [0.2, 0.25) is 0 Å². The zero-order chi connectivity index (χ0) is 13.1. The lowest BCUT2D eigenvalue weighted by atomic mass is 10.1. The van der Waals surface area contributed by atoms with E-state index in [4.69, 9.17) is 23.2 Å². The highest BCUT2D eigenvalue weighted by atomic mass is 35.5. The number of aromatic nitrogens is 2. The zero-order valence-corrected chi connectivity index (χ0v) is 11.6. The Morgan fingerprint density at radius 2 is 1.94 bits per heavy atom. The van der Waals surface area contributed by atoms with Crippen LogP contribution in [0.3, 0.4) is 0 Å². The average Bonchev–Trinajstić information content (AvgIpc) is 2.32.